The van der Waals surface area contributed by atoms with E-state index in [1.165, 1.54) is 26.4 Å². The van der Waals surface area contributed by atoms with Gasteiger partial charge in [-0.2, -0.15) is 0 Å². The molecule has 1 saturated carbocycles. The first-order valence-corrected chi connectivity index (χ1v) is 8.79. The zero-order valence-electron chi connectivity index (χ0n) is 15.3. The average Bonchev–Trinajstić information content (AvgIpc) is 2.61. The third-order valence-electron chi connectivity index (χ3n) is 4.21. The Labute approximate surface area is 149 Å². The quantitative estimate of drug-likeness (QED) is 0.409. The molecule has 25 heavy (non-hydrogen) atoms. The normalized spacial score (nSPS) is 16.5. The molecular formula is C18H29NO6. The number of carbonyl (C=O) groups is 3. The van der Waals surface area contributed by atoms with E-state index < -0.39 is 24.1 Å². The molecule has 1 fully saturated rings. The molecule has 1 N–H and O–H groups in total. The summed E-state index contributed by atoms with van der Waals surface area (Å²) in [7, 11) is 1.21. The number of rotatable bonds is 8. The number of ether oxygens (including phenoxy) is 3. The molecule has 1 rings (SSSR count). The topological polar surface area (TPSA) is 90.9 Å². The Balaban J connectivity index is 2.34. The molecule has 0 saturated heterocycles. The first-order valence-electron chi connectivity index (χ1n) is 8.79. The first kappa shape index (κ1) is 21.0. The van der Waals surface area contributed by atoms with Gasteiger partial charge in [0.1, 0.15) is 12.7 Å². The van der Waals surface area contributed by atoms with Crippen molar-refractivity contribution in [3.8, 4) is 0 Å². The molecule has 0 aromatic carbocycles. The number of hydrogen-bond donors (Lipinski definition) is 1. The summed E-state index contributed by atoms with van der Waals surface area (Å²) in [6, 6.07) is 0. The predicted molar refractivity (Wildman–Crippen MR) is 91.8 cm³/mol. The maximum absolute atomic E-state index is 12.0. The van der Waals surface area contributed by atoms with Crippen molar-refractivity contribution >= 4 is 18.0 Å². The average molecular weight is 355 g/mol. The molecule has 1 aliphatic carbocycles. The molecule has 142 valence electrons. The van der Waals surface area contributed by atoms with Crippen molar-refractivity contribution in [2.24, 2.45) is 11.8 Å². The van der Waals surface area contributed by atoms with Crippen molar-refractivity contribution in [2.45, 2.75) is 52.1 Å². The number of carbonyl (C=O) groups excluding carboxylic acids is 3. The summed E-state index contributed by atoms with van der Waals surface area (Å²) in [5.74, 6) is -0.837. The zero-order valence-corrected chi connectivity index (χ0v) is 15.3. The Bertz CT molecular complexity index is 468. The zero-order chi connectivity index (χ0) is 18.7. The summed E-state index contributed by atoms with van der Waals surface area (Å²) in [4.78, 5) is 34.4. The van der Waals surface area contributed by atoms with Crippen molar-refractivity contribution in [2.75, 3.05) is 20.3 Å². The Morgan fingerprint density at radius 3 is 2.32 bits per heavy atom. The van der Waals surface area contributed by atoms with Crippen LogP contribution in [0.1, 0.15) is 46.0 Å². The van der Waals surface area contributed by atoms with Crippen LogP contribution in [0.5, 0.6) is 0 Å². The van der Waals surface area contributed by atoms with Crippen LogP contribution in [0.25, 0.3) is 0 Å². The van der Waals surface area contributed by atoms with Gasteiger partial charge < -0.3 is 19.5 Å². The number of amides is 1. The van der Waals surface area contributed by atoms with E-state index in [2.05, 4.69) is 10.1 Å². The lowest BCUT2D eigenvalue weighted by Crippen LogP contribution is -2.37. The fourth-order valence-electron chi connectivity index (χ4n) is 2.58. The minimum absolute atomic E-state index is 0.0159. The van der Waals surface area contributed by atoms with Crippen LogP contribution in [0.4, 0.5) is 4.79 Å². The van der Waals surface area contributed by atoms with E-state index >= 15 is 0 Å². The third-order valence-corrected chi connectivity index (χ3v) is 4.21. The highest BCUT2D eigenvalue weighted by molar-refractivity contribution is 5.91. The van der Waals surface area contributed by atoms with Gasteiger partial charge in [0.05, 0.1) is 7.11 Å². The predicted octanol–water partition coefficient (Wildman–Crippen LogP) is 2.59. The van der Waals surface area contributed by atoms with Crippen LogP contribution in [0.2, 0.25) is 0 Å². The Morgan fingerprint density at radius 1 is 1.08 bits per heavy atom. The molecule has 0 bridgehead atoms. The van der Waals surface area contributed by atoms with Crippen molar-refractivity contribution in [1.82, 2.24) is 5.32 Å². The lowest BCUT2D eigenvalue weighted by molar-refractivity contribution is -0.142. The lowest BCUT2D eigenvalue weighted by atomic mass is 9.89. The van der Waals surface area contributed by atoms with Crippen LogP contribution in [-0.4, -0.2) is 44.4 Å². The molecule has 7 heteroatoms. The van der Waals surface area contributed by atoms with Crippen LogP contribution in [0.3, 0.4) is 0 Å². The highest BCUT2D eigenvalue weighted by atomic mass is 16.6. The summed E-state index contributed by atoms with van der Waals surface area (Å²) >= 11 is 0. The number of alkyl carbamates (subject to hydrolysis) is 1. The van der Waals surface area contributed by atoms with Crippen molar-refractivity contribution in [3.63, 3.8) is 0 Å². The van der Waals surface area contributed by atoms with E-state index in [0.29, 0.717) is 12.5 Å². The SMILES string of the molecule is COC(=O)C=CC(=O)OCC(OC(=O)NCC1CCCCC1)C(C)C. The fraction of sp³-hybridized carbons (Fsp3) is 0.722. The van der Waals surface area contributed by atoms with Crippen LogP contribution in [-0.2, 0) is 23.8 Å². The van der Waals surface area contributed by atoms with Gasteiger partial charge in [-0.3, -0.25) is 0 Å². The van der Waals surface area contributed by atoms with Gasteiger partial charge in [0.2, 0.25) is 0 Å². The van der Waals surface area contributed by atoms with E-state index in [1.54, 1.807) is 0 Å². The van der Waals surface area contributed by atoms with E-state index in [4.69, 9.17) is 9.47 Å². The number of methoxy groups -OCH3 is 1. The molecule has 1 aliphatic rings. The van der Waals surface area contributed by atoms with Gasteiger partial charge in [-0.15, -0.1) is 0 Å². The molecule has 1 amide bonds. The van der Waals surface area contributed by atoms with Crippen molar-refractivity contribution in [3.05, 3.63) is 12.2 Å². The molecule has 0 heterocycles. The second-order valence-electron chi connectivity index (χ2n) is 6.56. The summed E-state index contributed by atoms with van der Waals surface area (Å²) in [5, 5.41) is 2.80. The fourth-order valence-corrected chi connectivity index (χ4v) is 2.58. The van der Waals surface area contributed by atoms with Gasteiger partial charge in [0.25, 0.3) is 0 Å². The van der Waals surface area contributed by atoms with E-state index in [0.717, 1.165) is 25.0 Å². The smallest absolute Gasteiger partial charge is 0.407 e. The third kappa shape index (κ3) is 9.12. The van der Waals surface area contributed by atoms with Crippen LogP contribution in [0, 0.1) is 11.8 Å². The van der Waals surface area contributed by atoms with Gasteiger partial charge in [-0.25, -0.2) is 14.4 Å². The molecule has 0 spiro atoms. The van der Waals surface area contributed by atoms with Crippen molar-refractivity contribution in [1.29, 1.82) is 0 Å². The minimum Gasteiger partial charge on any atom is -0.466 e. The lowest BCUT2D eigenvalue weighted by Gasteiger charge is -2.24. The summed E-state index contributed by atoms with van der Waals surface area (Å²) in [6.07, 6.45) is 6.88. The summed E-state index contributed by atoms with van der Waals surface area (Å²) in [6.45, 7) is 4.29. The molecular weight excluding hydrogens is 326 g/mol. The standard InChI is InChI=1S/C18H29NO6/c1-13(2)15(12-24-17(21)10-9-16(20)23-3)25-18(22)19-11-14-7-5-4-6-8-14/h9-10,13-15H,4-8,11-12H2,1-3H3,(H,19,22). The number of hydrogen-bond acceptors (Lipinski definition) is 6. The summed E-state index contributed by atoms with van der Waals surface area (Å²) < 4.78 is 14.8. The largest absolute Gasteiger partial charge is 0.466 e. The molecule has 0 aromatic heterocycles. The van der Waals surface area contributed by atoms with Crippen LogP contribution >= 0.6 is 0 Å². The Kier molecular flexibility index (Phi) is 9.65. The monoisotopic (exact) mass is 355 g/mol. The Hall–Kier alpha value is -2.05. The van der Waals surface area contributed by atoms with Crippen LogP contribution < -0.4 is 5.32 Å². The number of nitrogens with one attached hydrogen (secondary N) is 1. The maximum atomic E-state index is 12.0. The van der Waals surface area contributed by atoms with Gasteiger partial charge in [0.15, 0.2) is 0 Å². The highest BCUT2D eigenvalue weighted by Gasteiger charge is 2.21. The Morgan fingerprint density at radius 2 is 1.72 bits per heavy atom. The molecule has 0 aliphatic heterocycles. The molecule has 1 atom stereocenters. The van der Waals surface area contributed by atoms with Gasteiger partial charge >= 0.3 is 18.0 Å². The molecule has 0 radical (unpaired) electrons. The number of esters is 2. The van der Waals surface area contributed by atoms with E-state index in [9.17, 15) is 14.4 Å². The summed E-state index contributed by atoms with van der Waals surface area (Å²) in [5.41, 5.74) is 0. The van der Waals surface area contributed by atoms with Gasteiger partial charge in [0, 0.05) is 18.7 Å². The second kappa shape index (κ2) is 11.5. The first-order chi connectivity index (χ1) is 11.9. The molecule has 0 aromatic rings. The second-order valence-corrected chi connectivity index (χ2v) is 6.56. The van der Waals surface area contributed by atoms with Crippen molar-refractivity contribution < 1.29 is 28.6 Å². The molecule has 7 nitrogen and oxygen atoms in total. The maximum Gasteiger partial charge on any atom is 0.407 e. The van der Waals surface area contributed by atoms with E-state index in [1.807, 2.05) is 13.8 Å². The minimum atomic E-state index is -0.692. The van der Waals surface area contributed by atoms with Gasteiger partial charge in [-0.1, -0.05) is 33.1 Å². The van der Waals surface area contributed by atoms with Gasteiger partial charge in [-0.05, 0) is 24.7 Å². The van der Waals surface area contributed by atoms with E-state index in [-0.39, 0.29) is 12.5 Å². The van der Waals surface area contributed by atoms with Crippen LogP contribution in [0.15, 0.2) is 12.2 Å². The molecule has 1 unspecified atom stereocenters. The highest BCUT2D eigenvalue weighted by Crippen LogP contribution is 2.22.